The molecule has 1 saturated heterocycles. The van der Waals surface area contributed by atoms with E-state index in [1.807, 2.05) is 0 Å². The van der Waals surface area contributed by atoms with E-state index in [1.54, 1.807) is 12.1 Å². The standard InChI is InChI=1S/C15H17N3O5/c16-10-7-9-8(3-1-5-12(9)18(22)23)11-4-2-6-13(15(20)21)17(11)14(10)19/h1,3,5,10-11,13H,2,4,6-7,16H2,(H,20,21)/t10-,11+,13-/m0/s1. The first kappa shape index (κ1) is 15.4. The highest BCUT2D eigenvalue weighted by atomic mass is 16.6. The molecule has 2 aliphatic rings. The largest absolute Gasteiger partial charge is 0.480 e. The Balaban J connectivity index is 2.17. The third-order valence-corrected chi connectivity index (χ3v) is 4.65. The van der Waals surface area contributed by atoms with Crippen molar-refractivity contribution >= 4 is 17.6 Å². The van der Waals surface area contributed by atoms with Crippen LogP contribution < -0.4 is 5.73 Å². The molecular weight excluding hydrogens is 302 g/mol. The summed E-state index contributed by atoms with van der Waals surface area (Å²) in [5, 5.41) is 20.7. The van der Waals surface area contributed by atoms with Crippen LogP contribution >= 0.6 is 0 Å². The van der Waals surface area contributed by atoms with Crippen molar-refractivity contribution in [2.75, 3.05) is 0 Å². The Bertz CT molecular complexity index is 690. The summed E-state index contributed by atoms with van der Waals surface area (Å²) in [4.78, 5) is 36.3. The minimum absolute atomic E-state index is 0.0463. The Morgan fingerprint density at radius 2 is 2.13 bits per heavy atom. The first-order chi connectivity index (χ1) is 10.9. The van der Waals surface area contributed by atoms with Gasteiger partial charge in [0.15, 0.2) is 0 Å². The molecule has 0 radical (unpaired) electrons. The van der Waals surface area contributed by atoms with E-state index in [1.165, 1.54) is 11.0 Å². The molecule has 0 aliphatic carbocycles. The van der Waals surface area contributed by atoms with E-state index in [4.69, 9.17) is 5.73 Å². The first-order valence-electron chi connectivity index (χ1n) is 7.48. The number of nitrogens with zero attached hydrogens (tertiary/aromatic N) is 2. The van der Waals surface area contributed by atoms with Crippen LogP contribution in [0.2, 0.25) is 0 Å². The Labute approximate surface area is 132 Å². The zero-order valence-corrected chi connectivity index (χ0v) is 12.3. The van der Waals surface area contributed by atoms with Crippen LogP contribution in [0.3, 0.4) is 0 Å². The Morgan fingerprint density at radius 3 is 2.78 bits per heavy atom. The van der Waals surface area contributed by atoms with Gasteiger partial charge in [0.25, 0.3) is 5.69 Å². The van der Waals surface area contributed by atoms with Crippen molar-refractivity contribution in [3.8, 4) is 0 Å². The van der Waals surface area contributed by atoms with Crippen molar-refractivity contribution in [3.63, 3.8) is 0 Å². The number of aliphatic carboxylic acids is 1. The number of piperidine rings is 1. The molecule has 3 rings (SSSR count). The van der Waals surface area contributed by atoms with E-state index in [0.29, 0.717) is 30.4 Å². The van der Waals surface area contributed by atoms with Crippen LogP contribution in [0.1, 0.15) is 36.4 Å². The lowest BCUT2D eigenvalue weighted by atomic mass is 9.88. The van der Waals surface area contributed by atoms with Gasteiger partial charge in [-0.1, -0.05) is 12.1 Å². The number of carboxylic acids is 1. The van der Waals surface area contributed by atoms with Gasteiger partial charge in [-0.05, 0) is 24.8 Å². The topological polar surface area (TPSA) is 127 Å². The minimum atomic E-state index is -1.07. The molecule has 3 N–H and O–H groups in total. The first-order valence-corrected chi connectivity index (χ1v) is 7.48. The van der Waals surface area contributed by atoms with E-state index in [0.717, 1.165) is 0 Å². The van der Waals surface area contributed by atoms with Crippen molar-refractivity contribution in [2.45, 2.75) is 43.8 Å². The number of carbonyl (C=O) groups excluding carboxylic acids is 1. The number of hydrogen-bond donors (Lipinski definition) is 2. The molecule has 8 nitrogen and oxygen atoms in total. The molecule has 3 atom stereocenters. The molecule has 1 aromatic carbocycles. The van der Waals surface area contributed by atoms with Gasteiger partial charge in [0, 0.05) is 18.1 Å². The molecule has 8 heteroatoms. The van der Waals surface area contributed by atoms with Crippen LogP contribution in [-0.2, 0) is 16.0 Å². The second kappa shape index (κ2) is 5.62. The summed E-state index contributed by atoms with van der Waals surface area (Å²) in [6.45, 7) is 0. The molecule has 1 fully saturated rings. The number of fused-ring (bicyclic) bond motifs is 3. The van der Waals surface area contributed by atoms with Crippen LogP contribution in [0.4, 0.5) is 5.69 Å². The van der Waals surface area contributed by atoms with Crippen molar-refractivity contribution < 1.29 is 19.6 Å². The second-order valence-electron chi connectivity index (χ2n) is 5.96. The third-order valence-electron chi connectivity index (χ3n) is 4.65. The summed E-state index contributed by atoms with van der Waals surface area (Å²) in [6.07, 6.45) is 1.64. The maximum atomic E-state index is 12.6. The van der Waals surface area contributed by atoms with Crippen LogP contribution in [0.5, 0.6) is 0 Å². The fourth-order valence-electron chi connectivity index (χ4n) is 3.65. The lowest BCUT2D eigenvalue weighted by molar-refractivity contribution is -0.385. The average Bonchev–Trinajstić information content (AvgIpc) is 2.63. The molecular formula is C15H17N3O5. The summed E-state index contributed by atoms with van der Waals surface area (Å²) in [5.74, 6) is -1.52. The lowest BCUT2D eigenvalue weighted by Gasteiger charge is -2.40. The summed E-state index contributed by atoms with van der Waals surface area (Å²) in [7, 11) is 0. The molecule has 23 heavy (non-hydrogen) atoms. The highest BCUT2D eigenvalue weighted by molar-refractivity contribution is 5.88. The van der Waals surface area contributed by atoms with Crippen molar-refractivity contribution in [1.29, 1.82) is 0 Å². The fourth-order valence-corrected chi connectivity index (χ4v) is 3.65. The number of carboxylic acid groups (broad SMARTS) is 1. The maximum absolute atomic E-state index is 12.6. The monoisotopic (exact) mass is 319 g/mol. The number of nitro benzene ring substituents is 1. The van der Waals surface area contributed by atoms with Gasteiger partial charge >= 0.3 is 5.97 Å². The summed E-state index contributed by atoms with van der Waals surface area (Å²) in [5.41, 5.74) is 6.95. The Morgan fingerprint density at radius 1 is 1.39 bits per heavy atom. The summed E-state index contributed by atoms with van der Waals surface area (Å²) in [6, 6.07) is 2.32. The zero-order valence-electron chi connectivity index (χ0n) is 12.3. The Hall–Kier alpha value is -2.48. The summed E-state index contributed by atoms with van der Waals surface area (Å²) < 4.78 is 0. The molecule has 2 aliphatic heterocycles. The van der Waals surface area contributed by atoms with Crippen LogP contribution in [0, 0.1) is 10.1 Å². The highest BCUT2D eigenvalue weighted by Crippen LogP contribution is 2.41. The Kier molecular flexibility index (Phi) is 3.77. The van der Waals surface area contributed by atoms with Gasteiger partial charge in [0.2, 0.25) is 5.91 Å². The molecule has 122 valence electrons. The zero-order chi connectivity index (χ0) is 16.7. The van der Waals surface area contributed by atoms with Gasteiger partial charge in [-0.3, -0.25) is 14.9 Å². The van der Waals surface area contributed by atoms with E-state index in [9.17, 15) is 24.8 Å². The number of amides is 1. The van der Waals surface area contributed by atoms with E-state index in [2.05, 4.69) is 0 Å². The molecule has 1 amide bonds. The molecule has 1 aromatic rings. The third kappa shape index (κ3) is 2.44. The molecule has 0 bridgehead atoms. The highest BCUT2D eigenvalue weighted by Gasteiger charge is 2.44. The van der Waals surface area contributed by atoms with Gasteiger partial charge in [-0.15, -0.1) is 0 Å². The van der Waals surface area contributed by atoms with Gasteiger partial charge in [-0.25, -0.2) is 4.79 Å². The molecule has 0 unspecified atom stereocenters. The molecule has 0 spiro atoms. The molecule has 0 aromatic heterocycles. The normalized spacial score (nSPS) is 26.9. The quantitative estimate of drug-likeness (QED) is 0.618. The number of rotatable bonds is 2. The van der Waals surface area contributed by atoms with Crippen molar-refractivity contribution in [2.24, 2.45) is 5.73 Å². The predicted molar refractivity (Wildman–Crippen MR) is 79.6 cm³/mol. The van der Waals surface area contributed by atoms with Gasteiger partial charge < -0.3 is 15.7 Å². The van der Waals surface area contributed by atoms with Gasteiger partial charge in [0.1, 0.15) is 6.04 Å². The number of benzene rings is 1. The molecule has 2 heterocycles. The number of hydrogen-bond acceptors (Lipinski definition) is 5. The SMILES string of the molecule is N[C@H]1Cc2c(cccc2[N+](=O)[O-])[C@H]2CCC[C@@H](C(=O)O)N2C1=O. The van der Waals surface area contributed by atoms with Gasteiger partial charge in [-0.2, -0.15) is 0 Å². The molecule has 0 saturated carbocycles. The maximum Gasteiger partial charge on any atom is 0.326 e. The van der Waals surface area contributed by atoms with Gasteiger partial charge in [0.05, 0.1) is 17.0 Å². The van der Waals surface area contributed by atoms with E-state index in [-0.39, 0.29) is 12.1 Å². The van der Waals surface area contributed by atoms with Crippen molar-refractivity contribution in [3.05, 3.63) is 39.4 Å². The summed E-state index contributed by atoms with van der Waals surface area (Å²) >= 11 is 0. The fraction of sp³-hybridized carbons (Fsp3) is 0.467. The van der Waals surface area contributed by atoms with Crippen molar-refractivity contribution in [1.82, 2.24) is 4.90 Å². The number of nitro groups is 1. The van der Waals surface area contributed by atoms with Crippen LogP contribution in [0.15, 0.2) is 18.2 Å². The minimum Gasteiger partial charge on any atom is -0.480 e. The predicted octanol–water partition coefficient (Wildman–Crippen LogP) is 0.985. The van der Waals surface area contributed by atoms with Crippen LogP contribution in [-0.4, -0.2) is 38.9 Å². The smallest absolute Gasteiger partial charge is 0.326 e. The average molecular weight is 319 g/mol. The number of nitrogens with two attached hydrogens (primary N) is 1. The van der Waals surface area contributed by atoms with Crippen LogP contribution in [0.25, 0.3) is 0 Å². The van der Waals surface area contributed by atoms with E-state index >= 15 is 0 Å². The second-order valence-corrected chi connectivity index (χ2v) is 5.96. The number of carbonyl (C=O) groups is 2. The van der Waals surface area contributed by atoms with E-state index < -0.39 is 34.9 Å². The lowest BCUT2D eigenvalue weighted by Crippen LogP contribution is -2.53.